The Hall–Kier alpha value is -6.83. The molecule has 0 aliphatic rings. The van der Waals surface area contributed by atoms with Gasteiger partial charge in [0.2, 0.25) is 5.88 Å². The molecule has 0 unspecified atom stereocenters. The van der Waals surface area contributed by atoms with E-state index in [-0.39, 0.29) is 46.0 Å². The Morgan fingerprint density at radius 2 is 1.48 bits per heavy atom. The molecule has 0 bridgehead atoms. The number of carbonyl (C=O) groups excluding carboxylic acids is 3. The molecule has 21 heteroatoms. The average Bonchev–Trinajstić information content (AvgIpc) is 3.15. The number of carbonyl (C=O) groups is 3. The summed E-state index contributed by atoms with van der Waals surface area (Å²) in [7, 11) is 0. The molecule has 0 fully saturated rings. The maximum Gasteiger partial charge on any atom is 0.416 e. The molecule has 1 N–H and O–H groups in total. The Bertz CT molecular complexity index is 2330. The van der Waals surface area contributed by atoms with E-state index in [4.69, 9.17) is 25.8 Å². The second kappa shape index (κ2) is 18.9. The minimum atomic E-state index is -4.61. The fraction of sp³-hybridized carbons (Fsp3) is 0.135. The Kier molecular flexibility index (Phi) is 14.3. The van der Waals surface area contributed by atoms with Gasteiger partial charge in [-0.15, -0.1) is 0 Å². The second-order valence-electron chi connectivity index (χ2n) is 11.1. The molecule has 0 atom stereocenters. The van der Waals surface area contributed by atoms with Crippen molar-refractivity contribution in [3.63, 3.8) is 0 Å². The lowest BCUT2D eigenvalue weighted by molar-refractivity contribution is -0.385. The molecule has 0 radical (unpaired) electrons. The van der Waals surface area contributed by atoms with Gasteiger partial charge in [0.25, 0.3) is 11.6 Å². The van der Waals surface area contributed by atoms with Crippen molar-refractivity contribution in [1.82, 2.24) is 4.98 Å². The summed E-state index contributed by atoms with van der Waals surface area (Å²) in [5, 5.41) is 13.0. The fourth-order valence-corrected chi connectivity index (χ4v) is 4.69. The largest absolute Gasteiger partial charge is 0.463 e. The lowest BCUT2D eigenvalue weighted by Gasteiger charge is -2.12. The van der Waals surface area contributed by atoms with Crippen LogP contribution in [0.2, 0.25) is 5.02 Å². The van der Waals surface area contributed by atoms with Crippen LogP contribution in [-0.4, -0.2) is 41.0 Å². The number of nitrogens with one attached hydrogen (secondary N) is 1. The zero-order chi connectivity index (χ0) is 42.8. The molecule has 0 aliphatic heterocycles. The third-order valence-corrected chi connectivity index (χ3v) is 7.36. The molecule has 4 aromatic carbocycles. The number of amides is 1. The molecule has 1 aromatic heterocycles. The van der Waals surface area contributed by atoms with E-state index < -0.39 is 75.7 Å². The lowest BCUT2D eigenvalue weighted by atomic mass is 10.1. The minimum absolute atomic E-state index is 0.0493. The summed E-state index contributed by atoms with van der Waals surface area (Å²) in [6.45, 7) is 0.825. The van der Waals surface area contributed by atoms with Gasteiger partial charge < -0.3 is 24.3 Å². The van der Waals surface area contributed by atoms with Gasteiger partial charge in [-0.1, -0.05) is 17.7 Å². The van der Waals surface area contributed by atoms with Gasteiger partial charge in [0.1, 0.15) is 40.0 Å². The SMILES string of the molecule is CCOC(=O)COC(=O)c1cc(Oc2ccc(C(F)(F)F)cc2Cl)ccc1[N+](=O)[O-].O=C(Nc1ccc(F)cc1F)c1cccnc1Oc1cccc(C(F)(F)F)c1. The van der Waals surface area contributed by atoms with Crippen LogP contribution >= 0.6 is 11.6 Å². The van der Waals surface area contributed by atoms with Gasteiger partial charge in [0.05, 0.1) is 33.4 Å². The van der Waals surface area contributed by atoms with E-state index in [1.165, 1.54) is 31.3 Å². The molecule has 1 amide bonds. The van der Waals surface area contributed by atoms with Crippen molar-refractivity contribution in [2.75, 3.05) is 18.5 Å². The van der Waals surface area contributed by atoms with Gasteiger partial charge in [0, 0.05) is 24.4 Å². The number of aromatic nitrogens is 1. The summed E-state index contributed by atoms with van der Waals surface area (Å²) in [6.07, 6.45) is -7.90. The molecule has 304 valence electrons. The number of alkyl halides is 6. The number of ether oxygens (including phenoxy) is 4. The van der Waals surface area contributed by atoms with E-state index in [9.17, 15) is 59.6 Å². The molecule has 58 heavy (non-hydrogen) atoms. The standard InChI is InChI=1S/C19H11F5N2O2.C18H13ClF3NO7/c20-12-6-7-16(15(21)10-12)26-17(27)14-5-2-8-25-18(14)28-13-4-1-3-11(9-13)19(22,23)24;1-2-28-16(24)9-29-17(25)12-8-11(4-5-14(12)23(26)27)30-15-6-3-10(7-13(15)19)18(20,21)22/h1-10H,(H,26,27);3-8H,2,9H2,1H3. The summed E-state index contributed by atoms with van der Waals surface area (Å²) in [5.74, 6) is -5.45. The highest BCUT2D eigenvalue weighted by Gasteiger charge is 2.32. The number of hydrogen-bond acceptors (Lipinski definition) is 10. The summed E-state index contributed by atoms with van der Waals surface area (Å²) < 4.78 is 123. The molecule has 0 spiro atoms. The summed E-state index contributed by atoms with van der Waals surface area (Å²) in [6, 6.07) is 14.7. The van der Waals surface area contributed by atoms with Gasteiger partial charge >= 0.3 is 24.3 Å². The van der Waals surface area contributed by atoms with Crippen LogP contribution in [0.1, 0.15) is 38.8 Å². The predicted molar refractivity (Wildman–Crippen MR) is 187 cm³/mol. The number of esters is 2. The average molecular weight is 842 g/mol. The van der Waals surface area contributed by atoms with Crippen LogP contribution in [0.25, 0.3) is 0 Å². The van der Waals surface area contributed by atoms with Crippen LogP contribution in [0.4, 0.5) is 46.5 Å². The smallest absolute Gasteiger partial charge is 0.416 e. The van der Waals surface area contributed by atoms with Gasteiger partial charge in [-0.3, -0.25) is 14.9 Å². The number of pyridine rings is 1. The zero-order valence-corrected chi connectivity index (χ0v) is 29.9. The molecule has 0 saturated heterocycles. The Balaban J connectivity index is 0.000000257. The first kappa shape index (κ1) is 43.9. The number of nitrogens with zero attached hydrogens (tertiary/aromatic N) is 2. The van der Waals surface area contributed by atoms with E-state index in [0.717, 1.165) is 60.7 Å². The van der Waals surface area contributed by atoms with Gasteiger partial charge in [-0.2, -0.15) is 26.3 Å². The van der Waals surface area contributed by atoms with Crippen LogP contribution in [0.3, 0.4) is 0 Å². The maximum absolute atomic E-state index is 13.7. The second-order valence-corrected chi connectivity index (χ2v) is 11.5. The molecule has 0 aliphatic carbocycles. The number of halogens is 9. The summed E-state index contributed by atoms with van der Waals surface area (Å²) in [5.41, 5.74) is -3.52. The molecule has 0 saturated carbocycles. The normalized spacial score (nSPS) is 11.1. The van der Waals surface area contributed by atoms with Gasteiger partial charge in [-0.25, -0.2) is 23.4 Å². The summed E-state index contributed by atoms with van der Waals surface area (Å²) >= 11 is 5.81. The third-order valence-electron chi connectivity index (χ3n) is 7.07. The number of nitro groups is 1. The molecule has 12 nitrogen and oxygen atoms in total. The van der Waals surface area contributed by atoms with E-state index in [0.29, 0.717) is 12.1 Å². The van der Waals surface area contributed by atoms with Crippen molar-refractivity contribution in [1.29, 1.82) is 0 Å². The third kappa shape index (κ3) is 12.1. The number of anilines is 1. The van der Waals surface area contributed by atoms with Crippen LogP contribution in [-0.2, 0) is 26.6 Å². The van der Waals surface area contributed by atoms with Crippen molar-refractivity contribution in [3.8, 4) is 23.1 Å². The lowest BCUT2D eigenvalue weighted by Crippen LogP contribution is -2.17. The van der Waals surface area contributed by atoms with E-state index >= 15 is 0 Å². The number of hydrogen-bond donors (Lipinski definition) is 1. The monoisotopic (exact) mass is 841 g/mol. The van der Waals surface area contributed by atoms with Crippen LogP contribution in [0.15, 0.2) is 97.2 Å². The molecular formula is C37H24ClF8N3O9. The van der Waals surface area contributed by atoms with Crippen molar-refractivity contribution >= 4 is 40.8 Å². The van der Waals surface area contributed by atoms with Crippen molar-refractivity contribution in [2.45, 2.75) is 19.3 Å². The number of rotatable bonds is 11. The van der Waals surface area contributed by atoms with E-state index in [1.54, 1.807) is 0 Å². The van der Waals surface area contributed by atoms with Gasteiger partial charge in [-0.05, 0) is 73.7 Å². The predicted octanol–water partition coefficient (Wildman–Crippen LogP) is 10.2. The summed E-state index contributed by atoms with van der Waals surface area (Å²) in [4.78, 5) is 50.0. The molecule has 5 aromatic rings. The van der Waals surface area contributed by atoms with Crippen molar-refractivity contribution < 1.29 is 73.4 Å². The van der Waals surface area contributed by atoms with Crippen molar-refractivity contribution in [2.24, 2.45) is 0 Å². The zero-order valence-electron chi connectivity index (χ0n) is 29.1. The first-order chi connectivity index (χ1) is 27.3. The topological polar surface area (TPSA) is 156 Å². The fourth-order valence-electron chi connectivity index (χ4n) is 4.47. The van der Waals surface area contributed by atoms with E-state index in [2.05, 4.69) is 15.0 Å². The van der Waals surface area contributed by atoms with Crippen LogP contribution in [0.5, 0.6) is 23.1 Å². The highest BCUT2D eigenvalue weighted by atomic mass is 35.5. The van der Waals surface area contributed by atoms with Crippen LogP contribution in [0, 0.1) is 21.7 Å². The van der Waals surface area contributed by atoms with Gasteiger partial charge in [0.15, 0.2) is 6.61 Å². The Morgan fingerprint density at radius 3 is 2.12 bits per heavy atom. The Labute approximate surface area is 326 Å². The maximum atomic E-state index is 13.7. The highest BCUT2D eigenvalue weighted by Crippen LogP contribution is 2.38. The highest BCUT2D eigenvalue weighted by molar-refractivity contribution is 6.32. The molecule has 1 heterocycles. The number of benzene rings is 4. The Morgan fingerprint density at radius 1 is 0.793 bits per heavy atom. The van der Waals surface area contributed by atoms with Crippen molar-refractivity contribution in [3.05, 3.63) is 146 Å². The minimum Gasteiger partial charge on any atom is -0.463 e. The quantitative estimate of drug-likeness (QED) is 0.0588. The molecular weight excluding hydrogens is 818 g/mol. The molecule has 5 rings (SSSR count). The van der Waals surface area contributed by atoms with E-state index in [1.807, 2.05) is 0 Å². The first-order valence-corrected chi connectivity index (χ1v) is 16.4. The number of nitro benzene ring substituents is 1. The first-order valence-electron chi connectivity index (χ1n) is 16.0. The van der Waals surface area contributed by atoms with Crippen LogP contribution < -0.4 is 14.8 Å².